The number of carbonyl (C=O) groups is 2. The molecule has 4 aromatic rings. The number of carbonyl (C=O) groups excluding carboxylic acids is 2. The first-order valence-corrected chi connectivity index (χ1v) is 12.5. The molecule has 0 aromatic heterocycles. The van der Waals surface area contributed by atoms with Crippen LogP contribution in [0.1, 0.15) is 26.9 Å². The highest BCUT2D eigenvalue weighted by Crippen LogP contribution is 2.45. The number of nitrogens with one attached hydrogen (secondary N) is 1. The van der Waals surface area contributed by atoms with Gasteiger partial charge >= 0.3 is 0 Å². The normalized spacial score (nSPS) is 16.0. The number of nitrogens with zero attached hydrogens (tertiary/aromatic N) is 2. The number of non-ortho nitro benzene ring substituents is 1. The van der Waals surface area contributed by atoms with Gasteiger partial charge in [0.1, 0.15) is 11.2 Å². The lowest BCUT2D eigenvalue weighted by Gasteiger charge is -2.24. The molecule has 188 valence electrons. The van der Waals surface area contributed by atoms with E-state index in [2.05, 4.69) is 5.43 Å². The molecule has 5 rings (SSSR count). The van der Waals surface area contributed by atoms with E-state index < -0.39 is 27.9 Å². The fraction of sp³-hybridized carbons (Fsp3) is 0.0345. The van der Waals surface area contributed by atoms with Crippen LogP contribution < -0.4 is 5.43 Å². The largest absolute Gasteiger partial charge is 0.280 e. The maximum atomic E-state index is 14.0. The summed E-state index contributed by atoms with van der Waals surface area (Å²) in [7, 11) is 0. The zero-order valence-corrected chi connectivity index (χ0v) is 20.6. The van der Waals surface area contributed by atoms with Crippen molar-refractivity contribution in [1.82, 2.24) is 10.4 Å². The fourth-order valence-electron chi connectivity index (χ4n) is 4.03. The Morgan fingerprint density at radius 3 is 2.34 bits per heavy atom. The van der Waals surface area contributed by atoms with Crippen molar-refractivity contribution in [3.63, 3.8) is 0 Å². The molecule has 0 bridgehead atoms. The number of hydrazine groups is 1. The van der Waals surface area contributed by atoms with Gasteiger partial charge in [-0.15, -0.1) is 0 Å². The molecule has 0 aliphatic carbocycles. The first kappa shape index (κ1) is 24.9. The zero-order valence-electron chi connectivity index (χ0n) is 19.8. The second-order valence-electron chi connectivity index (χ2n) is 8.45. The monoisotopic (exact) mass is 525 g/mol. The Labute approximate surface area is 221 Å². The van der Waals surface area contributed by atoms with Gasteiger partial charge in [0, 0.05) is 17.7 Å². The third-order valence-electron chi connectivity index (χ3n) is 5.89. The number of nitro benzene ring substituents is 1. The lowest BCUT2D eigenvalue weighted by molar-refractivity contribution is -0.384. The first-order chi connectivity index (χ1) is 18.4. The van der Waals surface area contributed by atoms with Crippen LogP contribution in [0.2, 0.25) is 0 Å². The Balaban J connectivity index is 1.43. The average Bonchev–Trinajstić information content (AvgIpc) is 3.24. The maximum Gasteiger partial charge on any atom is 0.280 e. The average molecular weight is 526 g/mol. The Kier molecular flexibility index (Phi) is 7.01. The van der Waals surface area contributed by atoms with Crippen molar-refractivity contribution in [3.8, 4) is 11.1 Å². The highest BCUT2D eigenvalue weighted by Gasteiger charge is 2.39. The molecule has 1 N–H and O–H groups in total. The molecule has 1 unspecified atom stereocenters. The molecule has 1 aliphatic rings. The smallest absolute Gasteiger partial charge is 0.267 e. The van der Waals surface area contributed by atoms with E-state index in [1.165, 1.54) is 42.5 Å². The number of amides is 2. The van der Waals surface area contributed by atoms with Gasteiger partial charge in [0.25, 0.3) is 17.5 Å². The van der Waals surface area contributed by atoms with E-state index in [0.29, 0.717) is 16.7 Å². The summed E-state index contributed by atoms with van der Waals surface area (Å²) in [6.45, 7) is 0. The van der Waals surface area contributed by atoms with Crippen LogP contribution in [-0.4, -0.2) is 21.7 Å². The molecule has 1 fully saturated rings. The third kappa shape index (κ3) is 5.33. The van der Waals surface area contributed by atoms with Crippen LogP contribution >= 0.6 is 11.8 Å². The molecule has 0 saturated carbocycles. The van der Waals surface area contributed by atoms with Crippen molar-refractivity contribution in [3.05, 3.63) is 141 Å². The summed E-state index contributed by atoms with van der Waals surface area (Å²) >= 11 is 1.12. The number of hydrogen-bond acceptors (Lipinski definition) is 5. The second-order valence-corrected chi connectivity index (χ2v) is 9.57. The topological polar surface area (TPSA) is 92.6 Å². The molecule has 0 spiro atoms. The summed E-state index contributed by atoms with van der Waals surface area (Å²) in [5.41, 5.74) is 5.78. The molecule has 2 amide bonds. The molecular weight excluding hydrogens is 505 g/mol. The highest BCUT2D eigenvalue weighted by atomic mass is 32.2. The quantitative estimate of drug-likeness (QED) is 0.180. The molecule has 7 nitrogen and oxygen atoms in total. The Hall–Kier alpha value is -4.76. The van der Waals surface area contributed by atoms with Gasteiger partial charge in [0.05, 0.1) is 9.83 Å². The standard InChI is InChI=1S/C29H20FN3O4S/c30-24-10-5-9-23(18-24)29-32(28(35)26(38-29)17-19-6-4-11-25(16-19)33(36)37)31-27(34)22-14-12-21(13-15-22)20-7-2-1-3-8-20/h1-18,29H,(H,31,34)/b26-17-. The van der Waals surface area contributed by atoms with E-state index in [-0.39, 0.29) is 10.6 Å². The van der Waals surface area contributed by atoms with Gasteiger partial charge in [-0.3, -0.25) is 25.1 Å². The molecular formula is C29H20FN3O4S. The van der Waals surface area contributed by atoms with E-state index in [0.717, 1.165) is 27.9 Å². The van der Waals surface area contributed by atoms with Crippen molar-refractivity contribution in [2.24, 2.45) is 0 Å². The van der Waals surface area contributed by atoms with E-state index in [9.17, 15) is 24.1 Å². The van der Waals surface area contributed by atoms with E-state index >= 15 is 0 Å². The lowest BCUT2D eigenvalue weighted by atomic mass is 10.0. The molecule has 4 aromatic carbocycles. The third-order valence-corrected chi connectivity index (χ3v) is 7.14. The molecule has 1 atom stereocenters. The fourth-order valence-corrected chi connectivity index (χ4v) is 5.21. The van der Waals surface area contributed by atoms with Crippen molar-refractivity contribution >= 4 is 35.3 Å². The van der Waals surface area contributed by atoms with Crippen LogP contribution in [0.4, 0.5) is 10.1 Å². The van der Waals surface area contributed by atoms with Crippen LogP contribution in [0, 0.1) is 15.9 Å². The van der Waals surface area contributed by atoms with Gasteiger partial charge < -0.3 is 0 Å². The Morgan fingerprint density at radius 1 is 0.921 bits per heavy atom. The van der Waals surface area contributed by atoms with Crippen LogP contribution in [0.15, 0.2) is 108 Å². The molecule has 9 heteroatoms. The van der Waals surface area contributed by atoms with Crippen molar-refractivity contribution < 1.29 is 18.9 Å². The Morgan fingerprint density at radius 2 is 1.63 bits per heavy atom. The molecule has 0 radical (unpaired) electrons. The SMILES string of the molecule is O=C(NN1C(=O)/C(=C/c2cccc([N+](=O)[O-])c2)SC1c1cccc(F)c1)c1ccc(-c2ccccc2)cc1. The lowest BCUT2D eigenvalue weighted by Crippen LogP contribution is -2.44. The Bertz CT molecular complexity index is 1560. The first-order valence-electron chi connectivity index (χ1n) is 11.6. The summed E-state index contributed by atoms with van der Waals surface area (Å²) in [5, 5.41) is 11.6. The maximum absolute atomic E-state index is 14.0. The minimum atomic E-state index is -0.740. The second kappa shape index (κ2) is 10.7. The van der Waals surface area contributed by atoms with Gasteiger partial charge in [-0.25, -0.2) is 9.40 Å². The van der Waals surface area contributed by atoms with E-state index in [1.807, 2.05) is 42.5 Å². The number of rotatable bonds is 6. The number of halogens is 1. The number of nitro groups is 1. The minimum Gasteiger partial charge on any atom is -0.267 e. The number of hydrogen-bond donors (Lipinski definition) is 1. The van der Waals surface area contributed by atoms with Gasteiger partial charge in [0.15, 0.2) is 0 Å². The summed E-state index contributed by atoms with van der Waals surface area (Å²) in [5.74, 6) is -1.49. The summed E-state index contributed by atoms with van der Waals surface area (Å²) in [6, 6.07) is 28.4. The van der Waals surface area contributed by atoms with Crippen molar-refractivity contribution in [2.75, 3.05) is 0 Å². The summed E-state index contributed by atoms with van der Waals surface area (Å²) in [4.78, 5) is 37.4. The highest BCUT2D eigenvalue weighted by molar-refractivity contribution is 8.04. The number of benzene rings is 4. The minimum absolute atomic E-state index is 0.111. The van der Waals surface area contributed by atoms with Gasteiger partial charge in [-0.05, 0) is 52.6 Å². The van der Waals surface area contributed by atoms with Gasteiger partial charge in [-0.1, -0.05) is 78.5 Å². The molecule has 1 saturated heterocycles. The van der Waals surface area contributed by atoms with Crippen molar-refractivity contribution in [1.29, 1.82) is 0 Å². The van der Waals surface area contributed by atoms with Crippen LogP contribution in [0.3, 0.4) is 0 Å². The molecule has 1 aliphatic heterocycles. The van der Waals surface area contributed by atoms with E-state index in [1.54, 1.807) is 24.3 Å². The molecule has 38 heavy (non-hydrogen) atoms. The van der Waals surface area contributed by atoms with Crippen molar-refractivity contribution in [2.45, 2.75) is 5.37 Å². The summed E-state index contributed by atoms with van der Waals surface area (Å²) < 4.78 is 14.0. The zero-order chi connectivity index (χ0) is 26.6. The van der Waals surface area contributed by atoms with Gasteiger partial charge in [-0.2, -0.15) is 0 Å². The van der Waals surface area contributed by atoms with E-state index in [4.69, 9.17) is 0 Å². The van der Waals surface area contributed by atoms with Gasteiger partial charge in [0.2, 0.25) is 0 Å². The van der Waals surface area contributed by atoms with Crippen LogP contribution in [-0.2, 0) is 4.79 Å². The predicted molar refractivity (Wildman–Crippen MR) is 144 cm³/mol. The predicted octanol–water partition coefficient (Wildman–Crippen LogP) is 6.36. The van der Waals surface area contributed by atoms with Crippen LogP contribution in [0.5, 0.6) is 0 Å². The molecule has 1 heterocycles. The van der Waals surface area contributed by atoms with Crippen LogP contribution in [0.25, 0.3) is 17.2 Å². The number of thioether (sulfide) groups is 1. The summed E-state index contributed by atoms with van der Waals surface area (Å²) in [6.07, 6.45) is 1.52.